The monoisotopic (exact) mass is 320 g/mol. The van der Waals surface area contributed by atoms with Gasteiger partial charge in [-0.15, -0.1) is 0 Å². The minimum atomic E-state index is -0.329. The van der Waals surface area contributed by atoms with Crippen LogP contribution in [0.25, 0.3) is 0 Å². The largest absolute Gasteiger partial charge is 0.348 e. The van der Waals surface area contributed by atoms with Gasteiger partial charge in [0.1, 0.15) is 0 Å². The number of amides is 3. The minimum absolute atomic E-state index is 0.0745. The summed E-state index contributed by atoms with van der Waals surface area (Å²) >= 11 is 0. The fourth-order valence-electron chi connectivity index (χ4n) is 2.51. The molecule has 0 aliphatic carbocycles. The molecule has 1 N–H and O–H groups in total. The molecule has 1 aliphatic heterocycles. The van der Waals surface area contributed by atoms with E-state index in [2.05, 4.69) is 5.32 Å². The quantitative estimate of drug-likeness (QED) is 0.678. The van der Waals surface area contributed by atoms with Crippen molar-refractivity contribution in [3.63, 3.8) is 0 Å². The molecule has 5 nitrogen and oxygen atoms in total. The predicted molar refractivity (Wildman–Crippen MR) is 89.2 cm³/mol. The standard InChI is InChI=1S/C19H16N2O3/c22-17(20-13-14-7-2-1-3-8-14)11-6-12-21-18(23)15-9-4-5-10-16(15)19(21)24/h1-11H,12-13H2,(H,20,22)/b11-6+. The Balaban J connectivity index is 1.54. The van der Waals surface area contributed by atoms with Gasteiger partial charge in [-0.25, -0.2) is 0 Å². The average Bonchev–Trinajstić information content (AvgIpc) is 2.86. The van der Waals surface area contributed by atoms with E-state index in [4.69, 9.17) is 0 Å². The van der Waals surface area contributed by atoms with Gasteiger partial charge in [0.05, 0.1) is 11.1 Å². The third-order valence-electron chi connectivity index (χ3n) is 3.74. The maximum absolute atomic E-state index is 12.2. The lowest BCUT2D eigenvalue weighted by Crippen LogP contribution is -2.30. The molecule has 0 spiro atoms. The number of hydrogen-bond acceptors (Lipinski definition) is 3. The number of rotatable bonds is 5. The second-order valence-electron chi connectivity index (χ2n) is 5.37. The summed E-state index contributed by atoms with van der Waals surface area (Å²) in [5, 5.41) is 2.75. The molecule has 1 aliphatic rings. The Labute approximate surface area is 139 Å². The van der Waals surface area contributed by atoms with Gasteiger partial charge in [-0.1, -0.05) is 48.5 Å². The van der Waals surface area contributed by atoms with Gasteiger partial charge in [-0.3, -0.25) is 19.3 Å². The van der Waals surface area contributed by atoms with Gasteiger partial charge in [-0.05, 0) is 17.7 Å². The van der Waals surface area contributed by atoms with E-state index in [1.807, 2.05) is 30.3 Å². The van der Waals surface area contributed by atoms with E-state index >= 15 is 0 Å². The number of hydrogen-bond donors (Lipinski definition) is 1. The van der Waals surface area contributed by atoms with Crippen LogP contribution < -0.4 is 5.32 Å². The number of carbonyl (C=O) groups is 3. The van der Waals surface area contributed by atoms with Crippen molar-refractivity contribution in [1.29, 1.82) is 0 Å². The molecule has 0 aromatic heterocycles. The molecule has 5 heteroatoms. The Kier molecular flexibility index (Phi) is 4.52. The summed E-state index contributed by atoms with van der Waals surface area (Å²) in [6.45, 7) is 0.502. The first kappa shape index (κ1) is 15.7. The van der Waals surface area contributed by atoms with Crippen molar-refractivity contribution in [3.05, 3.63) is 83.4 Å². The van der Waals surface area contributed by atoms with Crippen LogP contribution in [0.1, 0.15) is 26.3 Å². The van der Waals surface area contributed by atoms with E-state index in [0.29, 0.717) is 17.7 Å². The van der Waals surface area contributed by atoms with Crippen molar-refractivity contribution < 1.29 is 14.4 Å². The second-order valence-corrected chi connectivity index (χ2v) is 5.37. The molecule has 3 amide bonds. The summed E-state index contributed by atoms with van der Waals surface area (Å²) in [5.74, 6) is -0.926. The van der Waals surface area contributed by atoms with Gasteiger partial charge in [0.2, 0.25) is 5.91 Å². The Morgan fingerprint density at radius 3 is 2.12 bits per heavy atom. The molecule has 0 radical (unpaired) electrons. The number of carbonyl (C=O) groups excluding carboxylic acids is 3. The summed E-state index contributed by atoms with van der Waals surface area (Å²) < 4.78 is 0. The zero-order valence-electron chi connectivity index (χ0n) is 12.9. The molecule has 120 valence electrons. The van der Waals surface area contributed by atoms with E-state index in [-0.39, 0.29) is 24.3 Å². The lowest BCUT2D eigenvalue weighted by atomic mass is 10.1. The zero-order valence-corrected chi connectivity index (χ0v) is 12.9. The smallest absolute Gasteiger partial charge is 0.261 e. The fraction of sp³-hybridized carbons (Fsp3) is 0.105. The Morgan fingerprint density at radius 1 is 0.917 bits per heavy atom. The molecule has 0 atom stereocenters. The van der Waals surface area contributed by atoms with Crippen LogP contribution in [0.15, 0.2) is 66.7 Å². The van der Waals surface area contributed by atoms with Crippen LogP contribution in [0.2, 0.25) is 0 Å². The Hall–Kier alpha value is -3.21. The normalized spacial score (nSPS) is 13.4. The van der Waals surface area contributed by atoms with Crippen molar-refractivity contribution in [2.75, 3.05) is 6.54 Å². The molecular formula is C19H16N2O3. The van der Waals surface area contributed by atoms with Crippen molar-refractivity contribution in [2.24, 2.45) is 0 Å². The van der Waals surface area contributed by atoms with Gasteiger partial charge in [0.15, 0.2) is 0 Å². The van der Waals surface area contributed by atoms with Crippen LogP contribution in [0.3, 0.4) is 0 Å². The van der Waals surface area contributed by atoms with Crippen LogP contribution in [0.4, 0.5) is 0 Å². The second kappa shape index (κ2) is 6.91. The number of fused-ring (bicyclic) bond motifs is 1. The maximum Gasteiger partial charge on any atom is 0.261 e. The summed E-state index contributed by atoms with van der Waals surface area (Å²) in [6, 6.07) is 16.3. The molecule has 2 aromatic rings. The van der Waals surface area contributed by atoms with Crippen LogP contribution in [-0.2, 0) is 11.3 Å². The van der Waals surface area contributed by atoms with Crippen molar-refractivity contribution in [3.8, 4) is 0 Å². The van der Waals surface area contributed by atoms with Crippen LogP contribution in [-0.4, -0.2) is 29.2 Å². The number of imide groups is 1. The van der Waals surface area contributed by atoms with Gasteiger partial charge in [-0.2, -0.15) is 0 Å². The molecule has 0 bridgehead atoms. The van der Waals surface area contributed by atoms with E-state index in [1.165, 1.54) is 12.2 Å². The molecule has 3 rings (SSSR count). The van der Waals surface area contributed by atoms with Crippen molar-refractivity contribution in [1.82, 2.24) is 10.2 Å². The molecule has 2 aromatic carbocycles. The third-order valence-corrected chi connectivity index (χ3v) is 3.74. The van der Waals surface area contributed by atoms with Crippen LogP contribution in [0, 0.1) is 0 Å². The average molecular weight is 320 g/mol. The van der Waals surface area contributed by atoms with Gasteiger partial charge in [0.25, 0.3) is 11.8 Å². The van der Waals surface area contributed by atoms with Gasteiger partial charge in [0, 0.05) is 19.2 Å². The van der Waals surface area contributed by atoms with E-state index < -0.39 is 0 Å². The topological polar surface area (TPSA) is 66.5 Å². The molecule has 24 heavy (non-hydrogen) atoms. The molecule has 0 unspecified atom stereocenters. The predicted octanol–water partition coefficient (Wildman–Crippen LogP) is 2.16. The number of benzene rings is 2. The lowest BCUT2D eigenvalue weighted by molar-refractivity contribution is -0.116. The molecule has 0 saturated heterocycles. The number of nitrogens with zero attached hydrogens (tertiary/aromatic N) is 1. The fourth-order valence-corrected chi connectivity index (χ4v) is 2.51. The Bertz CT molecular complexity index is 777. The first-order chi connectivity index (χ1) is 11.7. The van der Waals surface area contributed by atoms with Gasteiger partial charge < -0.3 is 5.32 Å². The number of nitrogens with one attached hydrogen (secondary N) is 1. The summed E-state index contributed by atoms with van der Waals surface area (Å²) in [7, 11) is 0. The van der Waals surface area contributed by atoms with E-state index in [9.17, 15) is 14.4 Å². The minimum Gasteiger partial charge on any atom is -0.348 e. The lowest BCUT2D eigenvalue weighted by Gasteiger charge is -2.10. The van der Waals surface area contributed by atoms with E-state index in [0.717, 1.165) is 10.5 Å². The van der Waals surface area contributed by atoms with Crippen molar-refractivity contribution in [2.45, 2.75) is 6.54 Å². The highest BCUT2D eigenvalue weighted by Crippen LogP contribution is 2.21. The summed E-state index contributed by atoms with van der Waals surface area (Å²) in [6.07, 6.45) is 2.86. The van der Waals surface area contributed by atoms with Crippen LogP contribution >= 0.6 is 0 Å². The van der Waals surface area contributed by atoms with Gasteiger partial charge >= 0.3 is 0 Å². The summed E-state index contributed by atoms with van der Waals surface area (Å²) in [4.78, 5) is 37.2. The molecule has 0 saturated carbocycles. The SMILES string of the molecule is O=C(/C=C/CN1C(=O)c2ccccc2C1=O)NCc1ccccc1. The van der Waals surface area contributed by atoms with Crippen molar-refractivity contribution >= 4 is 17.7 Å². The first-order valence-electron chi connectivity index (χ1n) is 7.60. The first-order valence-corrected chi connectivity index (χ1v) is 7.60. The highest BCUT2D eigenvalue weighted by atomic mass is 16.2. The highest BCUT2D eigenvalue weighted by Gasteiger charge is 2.34. The Morgan fingerprint density at radius 2 is 1.50 bits per heavy atom. The molecule has 1 heterocycles. The highest BCUT2D eigenvalue weighted by molar-refractivity contribution is 6.21. The molecule has 0 fully saturated rings. The third kappa shape index (κ3) is 3.25. The summed E-state index contributed by atoms with van der Waals surface area (Å²) in [5.41, 5.74) is 1.81. The zero-order chi connectivity index (χ0) is 16.9. The molecular weight excluding hydrogens is 304 g/mol. The van der Waals surface area contributed by atoms with E-state index in [1.54, 1.807) is 24.3 Å². The maximum atomic E-state index is 12.2. The van der Waals surface area contributed by atoms with Crippen LogP contribution in [0.5, 0.6) is 0 Å².